The maximum atomic E-state index is 3.03. The molecule has 0 fully saturated rings. The zero-order valence-corrected chi connectivity index (χ0v) is 32.2. The van der Waals surface area contributed by atoms with Crippen molar-refractivity contribution in [3.63, 3.8) is 0 Å². The summed E-state index contributed by atoms with van der Waals surface area (Å²) in [4.78, 5) is 3.03. The molecule has 0 aromatic rings. The predicted octanol–water partition coefficient (Wildman–Crippen LogP) is 15.4. The number of hydrogen-bond donors (Lipinski definition) is 0. The molecule has 1 heteroatoms. The molecule has 0 aliphatic heterocycles. The lowest BCUT2D eigenvalue weighted by Crippen LogP contribution is -2.64. The first kappa shape index (κ1) is 43.0. The van der Waals surface area contributed by atoms with Gasteiger partial charge in [-0.2, -0.15) is 0 Å². The summed E-state index contributed by atoms with van der Waals surface area (Å²) < 4.78 is 0. The molecule has 0 radical (unpaired) electrons. The number of rotatable bonds is 33. The Morgan fingerprint density at radius 3 is 0.605 bits per heavy atom. The van der Waals surface area contributed by atoms with Gasteiger partial charge in [0, 0.05) is 16.6 Å². The Balaban J connectivity index is 4.97. The molecule has 0 atom stereocenters. The van der Waals surface area contributed by atoms with Crippen LogP contribution in [-0.2, 0) is 0 Å². The van der Waals surface area contributed by atoms with Crippen LogP contribution in [0.3, 0.4) is 0 Å². The maximum Gasteiger partial charge on any atom is 0.0163 e. The molecule has 0 unspecified atom stereocenters. The van der Waals surface area contributed by atoms with Crippen molar-refractivity contribution in [3.8, 4) is 0 Å². The minimum absolute atomic E-state index is 0.243. The van der Waals surface area contributed by atoms with Gasteiger partial charge in [0.15, 0.2) is 0 Å². The summed E-state index contributed by atoms with van der Waals surface area (Å²) in [5, 5.41) is 0. The van der Waals surface area contributed by atoms with Crippen molar-refractivity contribution in [2.75, 3.05) is 0 Å². The van der Waals surface area contributed by atoms with Crippen molar-refractivity contribution < 1.29 is 0 Å². The van der Waals surface area contributed by atoms with Gasteiger partial charge in [0.1, 0.15) is 0 Å². The second kappa shape index (κ2) is 27.1. The van der Waals surface area contributed by atoms with Crippen LogP contribution >= 0.6 is 0 Å². The van der Waals surface area contributed by atoms with Gasteiger partial charge in [0.25, 0.3) is 0 Å². The first-order valence-corrected chi connectivity index (χ1v) is 20.4. The molecular weight excluding hydrogens is 518 g/mol. The quantitative estimate of drug-likeness (QED) is 0.0672. The standard InChI is InChI=1S/C42H87N/c1-10-13-16-19-22-25-28-31-34-37-40(4,5)43(41(6,7)38-35-32-29-26-23-20-17-14-11-2)42(8,9)39-36-33-30-27-24-21-18-15-12-3/h10-39H2,1-9H3. The highest BCUT2D eigenvalue weighted by Gasteiger charge is 2.45. The van der Waals surface area contributed by atoms with E-state index in [2.05, 4.69) is 67.2 Å². The van der Waals surface area contributed by atoms with E-state index >= 15 is 0 Å². The van der Waals surface area contributed by atoms with Gasteiger partial charge >= 0.3 is 0 Å². The van der Waals surface area contributed by atoms with Gasteiger partial charge in [-0.15, -0.1) is 0 Å². The summed E-state index contributed by atoms with van der Waals surface area (Å²) in [6, 6.07) is 0. The zero-order valence-electron chi connectivity index (χ0n) is 32.2. The van der Waals surface area contributed by atoms with Gasteiger partial charge in [-0.3, -0.25) is 4.90 Å². The van der Waals surface area contributed by atoms with Crippen LogP contribution in [0.5, 0.6) is 0 Å². The maximum absolute atomic E-state index is 3.03. The van der Waals surface area contributed by atoms with E-state index in [1.54, 1.807) is 0 Å². The van der Waals surface area contributed by atoms with E-state index < -0.39 is 0 Å². The predicted molar refractivity (Wildman–Crippen MR) is 200 cm³/mol. The highest BCUT2D eigenvalue weighted by molar-refractivity contribution is 5.00. The van der Waals surface area contributed by atoms with Crippen LogP contribution in [0.2, 0.25) is 0 Å². The molecule has 0 spiro atoms. The lowest BCUT2D eigenvalue weighted by Gasteiger charge is -2.57. The van der Waals surface area contributed by atoms with Gasteiger partial charge in [-0.05, 0) is 60.8 Å². The van der Waals surface area contributed by atoms with Crippen molar-refractivity contribution in [3.05, 3.63) is 0 Å². The van der Waals surface area contributed by atoms with E-state index in [-0.39, 0.29) is 16.6 Å². The van der Waals surface area contributed by atoms with Crippen LogP contribution in [0, 0.1) is 0 Å². The molecule has 0 rings (SSSR count). The summed E-state index contributed by atoms with van der Waals surface area (Å²) in [5.74, 6) is 0. The molecule has 1 nitrogen and oxygen atoms in total. The van der Waals surface area contributed by atoms with E-state index in [4.69, 9.17) is 0 Å². The third kappa shape index (κ3) is 23.0. The van der Waals surface area contributed by atoms with E-state index in [0.29, 0.717) is 0 Å². The van der Waals surface area contributed by atoms with Gasteiger partial charge in [-0.25, -0.2) is 0 Å². The van der Waals surface area contributed by atoms with Gasteiger partial charge in [0.2, 0.25) is 0 Å². The number of unbranched alkanes of at least 4 members (excludes halogenated alkanes) is 24. The fourth-order valence-corrected chi connectivity index (χ4v) is 8.40. The largest absolute Gasteiger partial charge is 0.288 e. The summed E-state index contributed by atoms with van der Waals surface area (Å²) >= 11 is 0. The van der Waals surface area contributed by atoms with Crippen molar-refractivity contribution in [2.45, 2.75) is 272 Å². The fraction of sp³-hybridized carbons (Fsp3) is 1.00. The van der Waals surface area contributed by atoms with Crippen LogP contribution in [0.4, 0.5) is 0 Å². The van der Waals surface area contributed by atoms with Crippen molar-refractivity contribution in [1.29, 1.82) is 0 Å². The lowest BCUT2D eigenvalue weighted by molar-refractivity contribution is -0.0784. The van der Waals surface area contributed by atoms with Crippen LogP contribution in [-0.4, -0.2) is 21.5 Å². The minimum Gasteiger partial charge on any atom is -0.288 e. The molecule has 0 aromatic heterocycles. The molecule has 0 bridgehead atoms. The Morgan fingerprint density at radius 1 is 0.256 bits per heavy atom. The molecule has 0 aromatic carbocycles. The van der Waals surface area contributed by atoms with Gasteiger partial charge in [-0.1, -0.05) is 194 Å². The van der Waals surface area contributed by atoms with Gasteiger partial charge < -0.3 is 0 Å². The molecule has 0 amide bonds. The summed E-state index contributed by atoms with van der Waals surface area (Å²) in [7, 11) is 0. The van der Waals surface area contributed by atoms with Crippen LogP contribution < -0.4 is 0 Å². The summed E-state index contributed by atoms with van der Waals surface area (Å²) in [6.45, 7) is 22.5. The highest BCUT2D eigenvalue weighted by Crippen LogP contribution is 2.41. The topological polar surface area (TPSA) is 3.24 Å². The summed E-state index contributed by atoms with van der Waals surface area (Å²) in [5.41, 5.74) is 0.728. The van der Waals surface area contributed by atoms with E-state index in [1.807, 2.05) is 0 Å². The third-order valence-corrected chi connectivity index (χ3v) is 10.5. The lowest BCUT2D eigenvalue weighted by atomic mass is 9.78. The van der Waals surface area contributed by atoms with Crippen molar-refractivity contribution in [2.24, 2.45) is 0 Å². The van der Waals surface area contributed by atoms with E-state index in [0.717, 1.165) is 0 Å². The van der Waals surface area contributed by atoms with Crippen molar-refractivity contribution in [1.82, 2.24) is 4.90 Å². The normalized spacial score (nSPS) is 13.0. The molecule has 0 saturated heterocycles. The SMILES string of the molecule is CCCCCCCCCCCC(C)(C)N(C(C)(C)CCCCCCCCCCC)C(C)(C)CCCCCCCCCCC. The average Bonchev–Trinajstić information content (AvgIpc) is 2.94. The van der Waals surface area contributed by atoms with Crippen LogP contribution in [0.25, 0.3) is 0 Å². The molecule has 0 saturated carbocycles. The Morgan fingerprint density at radius 2 is 0.419 bits per heavy atom. The van der Waals surface area contributed by atoms with E-state index in [9.17, 15) is 0 Å². The number of nitrogens with zero attached hydrogens (tertiary/aromatic N) is 1. The first-order chi connectivity index (χ1) is 20.5. The molecule has 0 N–H and O–H groups in total. The fourth-order valence-electron chi connectivity index (χ4n) is 8.40. The van der Waals surface area contributed by atoms with E-state index in [1.165, 1.54) is 193 Å². The van der Waals surface area contributed by atoms with Crippen LogP contribution in [0.15, 0.2) is 0 Å². The Kier molecular flexibility index (Phi) is 27.1. The monoisotopic (exact) mass is 606 g/mol. The molecule has 260 valence electrons. The molecular formula is C42H87N. The number of hydrogen-bond acceptors (Lipinski definition) is 1. The second-order valence-electron chi connectivity index (χ2n) is 16.5. The second-order valence-corrected chi connectivity index (χ2v) is 16.5. The van der Waals surface area contributed by atoms with Gasteiger partial charge in [0.05, 0.1) is 0 Å². The molecule has 0 heterocycles. The van der Waals surface area contributed by atoms with Crippen LogP contribution in [0.1, 0.15) is 255 Å². The summed E-state index contributed by atoms with van der Waals surface area (Å²) in [6.07, 6.45) is 42.5. The average molecular weight is 606 g/mol. The highest BCUT2D eigenvalue weighted by atomic mass is 15.3. The smallest absolute Gasteiger partial charge is 0.0163 e. The Hall–Kier alpha value is -0.0400. The molecule has 43 heavy (non-hydrogen) atoms. The minimum atomic E-state index is 0.243. The first-order valence-electron chi connectivity index (χ1n) is 20.4. The van der Waals surface area contributed by atoms with Crippen molar-refractivity contribution >= 4 is 0 Å². The molecule has 0 aliphatic carbocycles. The Labute approximate surface area is 275 Å². The zero-order chi connectivity index (χ0) is 32.3. The third-order valence-electron chi connectivity index (χ3n) is 10.5. The Bertz CT molecular complexity index is 493. The molecule has 0 aliphatic rings.